The van der Waals surface area contributed by atoms with E-state index in [1.165, 1.54) is 0 Å². The van der Waals surface area contributed by atoms with Crippen molar-refractivity contribution in [2.45, 2.75) is 78.2 Å². The molecule has 1 heterocycles. The van der Waals surface area contributed by atoms with Crippen LogP contribution in [0.15, 0.2) is 36.4 Å². The van der Waals surface area contributed by atoms with Gasteiger partial charge in [0.05, 0.1) is 6.61 Å². The van der Waals surface area contributed by atoms with Gasteiger partial charge in [0, 0.05) is 24.4 Å². The largest absolute Gasteiger partial charge is 0.444 e. The first-order valence-electron chi connectivity index (χ1n) is 13.8. The van der Waals surface area contributed by atoms with Crippen LogP contribution < -0.4 is 21.3 Å². The predicted molar refractivity (Wildman–Crippen MR) is 154 cm³/mol. The molecular weight excluding hydrogens is 546 g/mol. The lowest BCUT2D eigenvalue weighted by atomic mass is 10.0. The van der Waals surface area contributed by atoms with Gasteiger partial charge in [-0.15, -0.1) is 0 Å². The zero-order valence-corrected chi connectivity index (χ0v) is 24.7. The Morgan fingerprint density at radius 1 is 0.929 bits per heavy atom. The fourth-order valence-electron chi connectivity index (χ4n) is 3.92. The zero-order valence-electron chi connectivity index (χ0n) is 24.7. The number of alkyl carbamates (subject to hydrolysis) is 1. The fraction of sp³-hybridized carbons (Fsp3) is 0.517. The fourth-order valence-corrected chi connectivity index (χ4v) is 3.92. The number of anilines is 1. The van der Waals surface area contributed by atoms with Crippen molar-refractivity contribution < 1.29 is 38.6 Å². The summed E-state index contributed by atoms with van der Waals surface area (Å²) in [6, 6.07) is 4.52. The molecule has 42 heavy (non-hydrogen) atoms. The van der Waals surface area contributed by atoms with E-state index in [2.05, 4.69) is 21.3 Å². The second kappa shape index (κ2) is 15.7. The number of nitrogens with one attached hydrogen (secondary N) is 4. The quantitative estimate of drug-likeness (QED) is 0.160. The second-order valence-electron chi connectivity index (χ2n) is 11.2. The van der Waals surface area contributed by atoms with Crippen LogP contribution in [0.4, 0.5) is 10.5 Å². The summed E-state index contributed by atoms with van der Waals surface area (Å²) in [7, 11) is 0. The number of amides is 6. The van der Waals surface area contributed by atoms with Gasteiger partial charge in [-0.1, -0.05) is 26.0 Å². The van der Waals surface area contributed by atoms with Gasteiger partial charge in [0.1, 0.15) is 24.2 Å². The first-order valence-corrected chi connectivity index (χ1v) is 13.8. The Bertz CT molecular complexity index is 1160. The lowest BCUT2D eigenvalue weighted by molar-refractivity contribution is -0.141. The summed E-state index contributed by atoms with van der Waals surface area (Å²) in [6.07, 6.45) is 2.75. The summed E-state index contributed by atoms with van der Waals surface area (Å²) in [5, 5.41) is 19.9. The Morgan fingerprint density at radius 3 is 2.10 bits per heavy atom. The minimum Gasteiger partial charge on any atom is -0.444 e. The average molecular weight is 588 g/mol. The Balaban J connectivity index is 2.05. The maximum atomic E-state index is 13.3. The van der Waals surface area contributed by atoms with Crippen molar-refractivity contribution in [1.29, 1.82) is 0 Å². The molecular formula is C29H41N5O8. The molecule has 0 aromatic heterocycles. The maximum absolute atomic E-state index is 13.3. The van der Waals surface area contributed by atoms with E-state index < -0.39 is 59.9 Å². The number of rotatable bonds is 14. The molecule has 0 saturated heterocycles. The highest BCUT2D eigenvalue weighted by Crippen LogP contribution is 2.13. The minimum absolute atomic E-state index is 0.150. The summed E-state index contributed by atoms with van der Waals surface area (Å²) in [6.45, 7) is 8.29. The molecule has 0 spiro atoms. The summed E-state index contributed by atoms with van der Waals surface area (Å²) < 4.78 is 5.21. The number of hydrogen-bond donors (Lipinski definition) is 5. The number of benzene rings is 1. The van der Waals surface area contributed by atoms with Crippen LogP contribution in [-0.2, 0) is 35.3 Å². The van der Waals surface area contributed by atoms with E-state index >= 15 is 0 Å². The van der Waals surface area contributed by atoms with E-state index in [4.69, 9.17) is 4.74 Å². The molecule has 1 aliphatic rings. The molecule has 1 aromatic rings. The molecule has 1 aromatic carbocycles. The van der Waals surface area contributed by atoms with Crippen molar-refractivity contribution in [2.75, 3.05) is 18.4 Å². The van der Waals surface area contributed by atoms with Gasteiger partial charge in [0.2, 0.25) is 17.7 Å². The summed E-state index contributed by atoms with van der Waals surface area (Å²) in [5.74, 6) is -3.43. The van der Waals surface area contributed by atoms with Crippen LogP contribution in [0.5, 0.6) is 0 Å². The van der Waals surface area contributed by atoms with Crippen LogP contribution in [0.25, 0.3) is 0 Å². The van der Waals surface area contributed by atoms with Gasteiger partial charge in [-0.05, 0) is 63.6 Å². The highest BCUT2D eigenvalue weighted by Gasteiger charge is 2.31. The van der Waals surface area contributed by atoms with E-state index in [1.807, 2.05) is 0 Å². The normalized spacial score (nSPS) is 14.4. The van der Waals surface area contributed by atoms with Crippen molar-refractivity contribution >= 4 is 41.3 Å². The van der Waals surface area contributed by atoms with Crippen LogP contribution in [0.2, 0.25) is 0 Å². The molecule has 0 aliphatic carbocycles. The van der Waals surface area contributed by atoms with Gasteiger partial charge in [-0.2, -0.15) is 0 Å². The van der Waals surface area contributed by atoms with E-state index in [9.17, 15) is 33.9 Å². The molecule has 230 valence electrons. The van der Waals surface area contributed by atoms with Gasteiger partial charge in [0.25, 0.3) is 11.8 Å². The van der Waals surface area contributed by atoms with Crippen LogP contribution in [0.3, 0.4) is 0 Å². The van der Waals surface area contributed by atoms with Crippen molar-refractivity contribution in [3.05, 3.63) is 42.0 Å². The van der Waals surface area contributed by atoms with E-state index in [1.54, 1.807) is 58.9 Å². The monoisotopic (exact) mass is 587 g/mol. The van der Waals surface area contributed by atoms with Gasteiger partial charge in [-0.3, -0.25) is 28.9 Å². The smallest absolute Gasteiger partial charge is 0.407 e. The number of unbranched alkanes of at least 4 members (excludes halogenated alkanes) is 1. The van der Waals surface area contributed by atoms with Crippen LogP contribution >= 0.6 is 0 Å². The lowest BCUT2D eigenvalue weighted by Gasteiger charge is -2.26. The molecule has 6 amide bonds. The summed E-state index contributed by atoms with van der Waals surface area (Å²) in [4.78, 5) is 75.3. The maximum Gasteiger partial charge on any atom is 0.407 e. The molecule has 5 N–H and O–H groups in total. The summed E-state index contributed by atoms with van der Waals surface area (Å²) in [5.41, 5.74) is 0.496. The van der Waals surface area contributed by atoms with Crippen molar-refractivity contribution in [2.24, 2.45) is 5.92 Å². The molecule has 0 bridgehead atoms. The number of aliphatic hydroxyl groups excluding tert-OH is 1. The van der Waals surface area contributed by atoms with Crippen LogP contribution in [-0.4, -0.2) is 76.4 Å². The first-order chi connectivity index (χ1) is 19.7. The molecule has 0 unspecified atom stereocenters. The second-order valence-corrected chi connectivity index (χ2v) is 11.2. The molecule has 2 rings (SSSR count). The van der Waals surface area contributed by atoms with E-state index in [0.29, 0.717) is 30.6 Å². The highest BCUT2D eigenvalue weighted by atomic mass is 16.6. The Kier molecular flexibility index (Phi) is 12.7. The minimum atomic E-state index is -1.05. The van der Waals surface area contributed by atoms with Crippen molar-refractivity contribution in [3.8, 4) is 0 Å². The first kappa shape index (κ1) is 33.9. The Hall–Kier alpha value is -4.26. The molecule has 0 saturated carbocycles. The molecule has 13 heteroatoms. The number of carbonyl (C=O) groups is 6. The Labute approximate surface area is 245 Å². The van der Waals surface area contributed by atoms with Crippen LogP contribution in [0.1, 0.15) is 59.4 Å². The third kappa shape index (κ3) is 11.3. The molecule has 0 fully saturated rings. The highest BCUT2D eigenvalue weighted by molar-refractivity contribution is 6.14. The topological polar surface area (TPSA) is 183 Å². The third-order valence-corrected chi connectivity index (χ3v) is 6.09. The van der Waals surface area contributed by atoms with Crippen molar-refractivity contribution in [1.82, 2.24) is 20.9 Å². The molecule has 1 aliphatic heterocycles. The third-order valence-electron chi connectivity index (χ3n) is 6.09. The Morgan fingerprint density at radius 2 is 1.55 bits per heavy atom. The number of nitrogens with zero attached hydrogens (tertiary/aromatic N) is 1. The average Bonchev–Trinajstić information content (AvgIpc) is 3.22. The summed E-state index contributed by atoms with van der Waals surface area (Å²) >= 11 is 0. The van der Waals surface area contributed by atoms with E-state index in [-0.39, 0.29) is 18.9 Å². The SMILES string of the molecule is CC(C)[C@H](NC(=O)CN1C(=O)C=CC1=O)C(=O)N[C@@H](CCCCNC(=O)OC(C)(C)C)C(=O)Nc1ccc(CO)cc1. The number of ether oxygens (including phenoxy) is 1. The molecule has 2 atom stereocenters. The van der Waals surface area contributed by atoms with E-state index in [0.717, 1.165) is 17.1 Å². The van der Waals surface area contributed by atoms with Gasteiger partial charge < -0.3 is 31.1 Å². The standard InChI is InChI=1S/C29H41N5O8/c1-18(2)25(33-22(36)16-34-23(37)13-14-24(34)38)27(40)32-21(8-6-7-15-30-28(41)42-29(3,4)5)26(39)31-20-11-9-19(17-35)10-12-20/h9-14,18,21,25,35H,6-8,15-17H2,1-5H3,(H,30,41)(H,31,39)(H,32,40)(H,33,36)/t21-,25-/m0/s1. The lowest BCUT2D eigenvalue weighted by Crippen LogP contribution is -2.56. The number of aliphatic hydroxyl groups is 1. The van der Waals surface area contributed by atoms with Crippen molar-refractivity contribution in [3.63, 3.8) is 0 Å². The number of hydrogen-bond acceptors (Lipinski definition) is 8. The predicted octanol–water partition coefficient (Wildman–Crippen LogP) is 1.36. The zero-order chi connectivity index (χ0) is 31.4. The number of carbonyl (C=O) groups excluding carboxylic acids is 6. The van der Waals surface area contributed by atoms with Crippen LogP contribution in [0, 0.1) is 5.92 Å². The van der Waals surface area contributed by atoms with Gasteiger partial charge in [-0.25, -0.2) is 4.79 Å². The molecule has 0 radical (unpaired) electrons. The van der Waals surface area contributed by atoms with Gasteiger partial charge in [0.15, 0.2) is 0 Å². The number of imide groups is 1. The van der Waals surface area contributed by atoms with Gasteiger partial charge >= 0.3 is 6.09 Å². The molecule has 13 nitrogen and oxygen atoms in total.